The van der Waals surface area contributed by atoms with Gasteiger partial charge in [0.25, 0.3) is 0 Å². The molecule has 1 aromatic rings. The largest absolute Gasteiger partial charge is 0.573 e. The molecule has 0 radical (unpaired) electrons. The number of hydrogen-bond acceptors (Lipinski definition) is 2. The fourth-order valence-corrected chi connectivity index (χ4v) is 1.13. The molecule has 0 aliphatic heterocycles. The number of hydrogen-bond donors (Lipinski definition) is 1. The number of ether oxygens (including phenoxy) is 1. The Morgan fingerprint density at radius 3 is 2.25 bits per heavy atom. The van der Waals surface area contributed by atoms with Gasteiger partial charge in [-0.1, -0.05) is 12.1 Å². The molecule has 0 spiro atoms. The van der Waals surface area contributed by atoms with E-state index in [1.54, 1.807) is 0 Å². The van der Waals surface area contributed by atoms with Crippen LogP contribution < -0.4 is 10.5 Å². The van der Waals surface area contributed by atoms with Crippen molar-refractivity contribution in [2.45, 2.75) is 19.2 Å². The van der Waals surface area contributed by atoms with E-state index < -0.39 is 12.3 Å². The first-order valence-corrected chi connectivity index (χ1v) is 4.50. The van der Waals surface area contributed by atoms with Crippen LogP contribution in [0, 0.1) is 0 Å². The topological polar surface area (TPSA) is 52.3 Å². The third kappa shape index (κ3) is 4.68. The maximum Gasteiger partial charge on any atom is 0.573 e. The second-order valence-corrected chi connectivity index (χ2v) is 3.16. The van der Waals surface area contributed by atoms with Crippen LogP contribution in [0.4, 0.5) is 13.2 Å². The molecule has 0 saturated carbocycles. The lowest BCUT2D eigenvalue weighted by molar-refractivity contribution is -0.274. The summed E-state index contributed by atoms with van der Waals surface area (Å²) in [6, 6.07) is 5.32. The van der Waals surface area contributed by atoms with E-state index in [0.29, 0.717) is 6.42 Å². The van der Waals surface area contributed by atoms with Gasteiger partial charge in [0.1, 0.15) is 5.75 Å². The van der Waals surface area contributed by atoms with Gasteiger partial charge in [-0.25, -0.2) is 0 Å². The first-order valence-electron chi connectivity index (χ1n) is 4.50. The average molecular weight is 233 g/mol. The second kappa shape index (κ2) is 4.87. The van der Waals surface area contributed by atoms with Crippen molar-refractivity contribution in [1.29, 1.82) is 0 Å². The lowest BCUT2D eigenvalue weighted by Gasteiger charge is -2.08. The molecule has 0 atom stereocenters. The van der Waals surface area contributed by atoms with Crippen LogP contribution in [0.5, 0.6) is 5.75 Å². The number of benzene rings is 1. The normalized spacial score (nSPS) is 11.2. The summed E-state index contributed by atoms with van der Waals surface area (Å²) in [4.78, 5) is 10.5. The smallest absolute Gasteiger partial charge is 0.406 e. The monoisotopic (exact) mass is 233 g/mol. The zero-order valence-corrected chi connectivity index (χ0v) is 8.25. The highest BCUT2D eigenvalue weighted by atomic mass is 19.4. The molecule has 0 aliphatic carbocycles. The van der Waals surface area contributed by atoms with Crippen molar-refractivity contribution >= 4 is 5.91 Å². The zero-order valence-electron chi connectivity index (χ0n) is 8.25. The number of halogens is 3. The number of aryl methyl sites for hydroxylation is 1. The summed E-state index contributed by atoms with van der Waals surface area (Å²) in [7, 11) is 0. The molecule has 0 heterocycles. The number of alkyl halides is 3. The van der Waals surface area contributed by atoms with Crippen LogP contribution in [0.1, 0.15) is 12.0 Å². The third-order valence-electron chi connectivity index (χ3n) is 1.82. The summed E-state index contributed by atoms with van der Waals surface area (Å²) < 4.78 is 39.1. The predicted molar refractivity (Wildman–Crippen MR) is 50.6 cm³/mol. The van der Waals surface area contributed by atoms with Gasteiger partial charge in [-0.15, -0.1) is 13.2 Å². The molecule has 0 aliphatic rings. The maximum absolute atomic E-state index is 11.8. The van der Waals surface area contributed by atoms with Crippen LogP contribution in [-0.2, 0) is 11.2 Å². The predicted octanol–water partition coefficient (Wildman–Crippen LogP) is 2.00. The highest BCUT2D eigenvalue weighted by Crippen LogP contribution is 2.22. The highest BCUT2D eigenvalue weighted by molar-refractivity contribution is 5.73. The van der Waals surface area contributed by atoms with E-state index in [4.69, 9.17) is 5.73 Å². The highest BCUT2D eigenvalue weighted by Gasteiger charge is 2.30. The van der Waals surface area contributed by atoms with Gasteiger partial charge < -0.3 is 10.5 Å². The minimum Gasteiger partial charge on any atom is -0.406 e. The number of nitrogens with two attached hydrogens (primary N) is 1. The van der Waals surface area contributed by atoms with Gasteiger partial charge in [-0.05, 0) is 24.1 Å². The summed E-state index contributed by atoms with van der Waals surface area (Å²) >= 11 is 0. The molecule has 0 bridgehead atoms. The van der Waals surface area contributed by atoms with E-state index >= 15 is 0 Å². The van der Waals surface area contributed by atoms with Gasteiger partial charge in [0.05, 0.1) is 0 Å². The van der Waals surface area contributed by atoms with Gasteiger partial charge in [0, 0.05) is 6.42 Å². The van der Waals surface area contributed by atoms with Gasteiger partial charge in [0.15, 0.2) is 0 Å². The van der Waals surface area contributed by atoms with Crippen molar-refractivity contribution in [2.75, 3.05) is 0 Å². The number of rotatable bonds is 4. The fraction of sp³-hybridized carbons (Fsp3) is 0.300. The Morgan fingerprint density at radius 2 is 1.81 bits per heavy atom. The van der Waals surface area contributed by atoms with Crippen LogP contribution >= 0.6 is 0 Å². The van der Waals surface area contributed by atoms with Gasteiger partial charge in [-0.3, -0.25) is 4.79 Å². The Kier molecular flexibility index (Phi) is 3.76. The molecule has 0 fully saturated rings. The molecule has 88 valence electrons. The van der Waals surface area contributed by atoms with Crippen molar-refractivity contribution in [3.63, 3.8) is 0 Å². The molecular formula is C10H10F3NO2. The lowest BCUT2D eigenvalue weighted by atomic mass is 10.1. The SMILES string of the molecule is NC(=O)CCc1ccc(OC(F)(F)F)cc1. The van der Waals surface area contributed by atoms with Gasteiger partial charge in [-0.2, -0.15) is 0 Å². The van der Waals surface area contributed by atoms with E-state index in [0.717, 1.165) is 5.56 Å². The average Bonchev–Trinajstić information content (AvgIpc) is 2.14. The minimum atomic E-state index is -4.69. The van der Waals surface area contributed by atoms with E-state index in [-0.39, 0.29) is 12.2 Å². The number of carbonyl (C=O) groups is 1. The molecule has 0 aromatic heterocycles. The van der Waals surface area contributed by atoms with Crippen LogP contribution in [0.2, 0.25) is 0 Å². The molecule has 6 heteroatoms. The number of carbonyl (C=O) groups excluding carboxylic acids is 1. The summed E-state index contributed by atoms with van der Waals surface area (Å²) in [6.07, 6.45) is -4.12. The first kappa shape index (κ1) is 12.4. The molecule has 3 nitrogen and oxygen atoms in total. The first-order chi connectivity index (χ1) is 7.37. The fourth-order valence-electron chi connectivity index (χ4n) is 1.13. The Labute approximate surface area is 90.0 Å². The van der Waals surface area contributed by atoms with Crippen molar-refractivity contribution in [3.05, 3.63) is 29.8 Å². The minimum absolute atomic E-state index is 0.166. The summed E-state index contributed by atoms with van der Waals surface area (Å²) in [5, 5.41) is 0. The summed E-state index contributed by atoms with van der Waals surface area (Å²) in [6.45, 7) is 0. The summed E-state index contributed by atoms with van der Waals surface area (Å²) in [5.41, 5.74) is 5.67. The quantitative estimate of drug-likeness (QED) is 0.864. The van der Waals surface area contributed by atoms with Crippen molar-refractivity contribution in [2.24, 2.45) is 5.73 Å². The Balaban J connectivity index is 2.57. The van der Waals surface area contributed by atoms with Gasteiger partial charge >= 0.3 is 6.36 Å². The Bertz CT molecular complexity index is 359. The van der Waals surface area contributed by atoms with Crippen LogP contribution in [0.3, 0.4) is 0 Å². The van der Waals surface area contributed by atoms with Crippen molar-refractivity contribution < 1.29 is 22.7 Å². The zero-order chi connectivity index (χ0) is 12.2. The van der Waals surface area contributed by atoms with Gasteiger partial charge in [0.2, 0.25) is 5.91 Å². The number of amides is 1. The molecule has 0 saturated heterocycles. The van der Waals surface area contributed by atoms with E-state index in [1.165, 1.54) is 24.3 Å². The molecule has 1 amide bonds. The molecule has 1 aromatic carbocycles. The summed E-state index contributed by atoms with van der Waals surface area (Å²) in [5.74, 6) is -0.731. The van der Waals surface area contributed by atoms with Crippen molar-refractivity contribution in [3.8, 4) is 5.75 Å². The van der Waals surface area contributed by atoms with Crippen LogP contribution in [-0.4, -0.2) is 12.3 Å². The Morgan fingerprint density at radius 1 is 1.25 bits per heavy atom. The molecule has 16 heavy (non-hydrogen) atoms. The van der Waals surface area contributed by atoms with Crippen molar-refractivity contribution in [1.82, 2.24) is 0 Å². The van der Waals surface area contributed by atoms with Crippen LogP contribution in [0.15, 0.2) is 24.3 Å². The van der Waals surface area contributed by atoms with E-state index in [9.17, 15) is 18.0 Å². The van der Waals surface area contributed by atoms with Crippen LogP contribution in [0.25, 0.3) is 0 Å². The third-order valence-corrected chi connectivity index (χ3v) is 1.82. The number of primary amides is 1. The molecule has 1 rings (SSSR count). The van der Waals surface area contributed by atoms with E-state index in [2.05, 4.69) is 4.74 Å². The molecule has 0 unspecified atom stereocenters. The van der Waals surface area contributed by atoms with E-state index in [1.807, 2.05) is 0 Å². The maximum atomic E-state index is 11.8. The molecular weight excluding hydrogens is 223 g/mol. The Hall–Kier alpha value is -1.72. The lowest BCUT2D eigenvalue weighted by Crippen LogP contribution is -2.17. The second-order valence-electron chi connectivity index (χ2n) is 3.16. The standard InChI is InChI=1S/C10H10F3NO2/c11-10(12,13)16-8-4-1-7(2-5-8)3-6-9(14)15/h1-2,4-5H,3,6H2,(H2,14,15). The molecule has 2 N–H and O–H groups in total.